The maximum atomic E-state index is 12.9. The molecule has 0 saturated carbocycles. The van der Waals surface area contributed by atoms with Crippen LogP contribution in [0.4, 0.5) is 13.6 Å². The minimum Gasteiger partial charge on any atom is -0.492 e. The zero-order chi connectivity index (χ0) is 15.7. The maximum Gasteiger partial charge on any atom is 0.314 e. The second-order valence-electron chi connectivity index (χ2n) is 4.10. The number of aliphatic carboxylic acids is 1. The van der Waals surface area contributed by atoms with Crippen LogP contribution in [0.2, 0.25) is 0 Å². The van der Waals surface area contributed by atoms with Gasteiger partial charge in [0.1, 0.15) is 12.4 Å². The van der Waals surface area contributed by atoms with Crippen LogP contribution < -0.4 is 15.4 Å². The summed E-state index contributed by atoms with van der Waals surface area (Å²) in [5, 5.41) is 13.4. The van der Waals surface area contributed by atoms with Gasteiger partial charge in [-0.15, -0.1) is 0 Å². The number of halogens is 2. The van der Waals surface area contributed by atoms with Crippen LogP contribution in [0.15, 0.2) is 18.2 Å². The fourth-order valence-corrected chi connectivity index (χ4v) is 1.40. The Bertz CT molecular complexity index is 497. The molecule has 0 bridgehead atoms. The highest BCUT2D eigenvalue weighted by atomic mass is 19.2. The molecule has 6 nitrogen and oxygen atoms in total. The van der Waals surface area contributed by atoms with E-state index >= 15 is 0 Å². The molecule has 0 spiro atoms. The number of urea groups is 1. The number of nitrogens with one attached hydrogen (secondary N) is 2. The van der Waals surface area contributed by atoms with Gasteiger partial charge in [-0.25, -0.2) is 13.6 Å². The first-order valence-corrected chi connectivity index (χ1v) is 6.30. The van der Waals surface area contributed by atoms with E-state index in [1.807, 2.05) is 0 Å². The van der Waals surface area contributed by atoms with Gasteiger partial charge >= 0.3 is 12.0 Å². The minimum atomic E-state index is -1.00. The molecule has 8 heteroatoms. The van der Waals surface area contributed by atoms with E-state index in [0.717, 1.165) is 12.1 Å². The topological polar surface area (TPSA) is 87.7 Å². The number of rotatable bonds is 8. The third-order valence-electron chi connectivity index (χ3n) is 2.40. The molecule has 1 aromatic carbocycles. The van der Waals surface area contributed by atoms with Gasteiger partial charge in [0.2, 0.25) is 0 Å². The summed E-state index contributed by atoms with van der Waals surface area (Å²) in [5.41, 5.74) is 0. The highest BCUT2D eigenvalue weighted by Crippen LogP contribution is 2.14. The molecule has 1 rings (SSSR count). The lowest BCUT2D eigenvalue weighted by molar-refractivity contribution is -0.137. The van der Waals surface area contributed by atoms with E-state index in [0.29, 0.717) is 6.42 Å². The summed E-state index contributed by atoms with van der Waals surface area (Å²) < 4.78 is 30.7. The molecule has 2 amide bonds. The largest absolute Gasteiger partial charge is 0.492 e. The van der Waals surface area contributed by atoms with Crippen LogP contribution in [0.1, 0.15) is 12.8 Å². The first kappa shape index (κ1) is 16.7. The Morgan fingerprint density at radius 1 is 1.14 bits per heavy atom. The van der Waals surface area contributed by atoms with E-state index in [1.165, 1.54) is 6.07 Å². The normalized spacial score (nSPS) is 10.0. The predicted octanol–water partition coefficient (Wildman–Crippen LogP) is 1.51. The van der Waals surface area contributed by atoms with Crippen molar-refractivity contribution in [3.05, 3.63) is 29.8 Å². The molecule has 116 valence electrons. The molecular weight excluding hydrogens is 286 g/mol. The molecule has 0 aromatic heterocycles. The fourth-order valence-electron chi connectivity index (χ4n) is 1.40. The average molecular weight is 302 g/mol. The highest BCUT2D eigenvalue weighted by molar-refractivity contribution is 5.73. The van der Waals surface area contributed by atoms with Crippen LogP contribution in [-0.4, -0.2) is 36.8 Å². The summed E-state index contributed by atoms with van der Waals surface area (Å²) in [7, 11) is 0. The Balaban J connectivity index is 2.11. The molecule has 0 fully saturated rings. The standard InChI is InChI=1S/C13H16F2N2O4/c14-10-4-3-9(8-11(10)15)21-7-6-17-13(20)16-5-1-2-12(18)19/h3-4,8H,1-2,5-7H2,(H,18,19)(H2,16,17,20). The Kier molecular flexibility index (Phi) is 6.93. The quantitative estimate of drug-likeness (QED) is 0.635. The Labute approximate surface area is 120 Å². The van der Waals surface area contributed by atoms with Gasteiger partial charge in [-0.2, -0.15) is 0 Å². The molecule has 0 atom stereocenters. The van der Waals surface area contributed by atoms with Crippen LogP contribution in [0, 0.1) is 11.6 Å². The summed E-state index contributed by atoms with van der Waals surface area (Å²) in [6.07, 6.45) is 0.327. The van der Waals surface area contributed by atoms with Gasteiger partial charge < -0.3 is 20.5 Å². The number of carboxylic acid groups (broad SMARTS) is 1. The molecule has 0 unspecified atom stereocenters. The van der Waals surface area contributed by atoms with Gasteiger partial charge in [0.25, 0.3) is 0 Å². The molecule has 3 N–H and O–H groups in total. The SMILES string of the molecule is O=C(O)CCCNC(=O)NCCOc1ccc(F)c(F)c1. The second kappa shape index (κ2) is 8.72. The number of carbonyl (C=O) groups is 2. The second-order valence-corrected chi connectivity index (χ2v) is 4.10. The van der Waals surface area contributed by atoms with Crippen molar-refractivity contribution in [1.82, 2.24) is 10.6 Å². The molecule has 1 aromatic rings. The monoisotopic (exact) mass is 302 g/mol. The van der Waals surface area contributed by atoms with Crippen LogP contribution in [0.5, 0.6) is 5.75 Å². The Morgan fingerprint density at radius 3 is 2.52 bits per heavy atom. The average Bonchev–Trinajstić information content (AvgIpc) is 2.43. The van der Waals surface area contributed by atoms with Gasteiger partial charge in [-0.05, 0) is 18.6 Å². The van der Waals surface area contributed by atoms with Gasteiger partial charge in [0.15, 0.2) is 11.6 Å². The molecule has 21 heavy (non-hydrogen) atoms. The Morgan fingerprint density at radius 2 is 1.86 bits per heavy atom. The van der Waals surface area contributed by atoms with Crippen LogP contribution in [0.3, 0.4) is 0 Å². The van der Waals surface area contributed by atoms with E-state index in [1.54, 1.807) is 0 Å². The molecule has 0 saturated heterocycles. The van der Waals surface area contributed by atoms with Crippen molar-refractivity contribution in [3.63, 3.8) is 0 Å². The van der Waals surface area contributed by atoms with Crippen molar-refractivity contribution >= 4 is 12.0 Å². The number of carbonyl (C=O) groups excluding carboxylic acids is 1. The van der Waals surface area contributed by atoms with E-state index in [2.05, 4.69) is 10.6 Å². The summed E-state index contributed by atoms with van der Waals surface area (Å²) in [6.45, 7) is 0.513. The first-order chi connectivity index (χ1) is 9.99. The van der Waals surface area contributed by atoms with Crippen LogP contribution in [-0.2, 0) is 4.79 Å². The van der Waals surface area contributed by atoms with Gasteiger partial charge in [-0.1, -0.05) is 0 Å². The van der Waals surface area contributed by atoms with Crippen molar-refractivity contribution in [2.24, 2.45) is 0 Å². The van der Waals surface area contributed by atoms with E-state index in [-0.39, 0.29) is 31.9 Å². The van der Waals surface area contributed by atoms with E-state index in [9.17, 15) is 18.4 Å². The number of amides is 2. The zero-order valence-electron chi connectivity index (χ0n) is 11.2. The number of hydrogen-bond acceptors (Lipinski definition) is 3. The van der Waals surface area contributed by atoms with Gasteiger partial charge in [-0.3, -0.25) is 4.79 Å². The molecular formula is C13H16F2N2O4. The predicted molar refractivity (Wildman–Crippen MR) is 70.1 cm³/mol. The molecule has 0 aliphatic carbocycles. The van der Waals surface area contributed by atoms with Gasteiger partial charge in [0.05, 0.1) is 6.54 Å². The molecule has 0 aliphatic heterocycles. The number of benzene rings is 1. The number of hydrogen-bond donors (Lipinski definition) is 3. The van der Waals surface area contributed by atoms with Crippen molar-refractivity contribution in [1.29, 1.82) is 0 Å². The van der Waals surface area contributed by atoms with Crippen LogP contribution in [0.25, 0.3) is 0 Å². The maximum absolute atomic E-state index is 12.9. The molecule has 0 heterocycles. The summed E-state index contributed by atoms with van der Waals surface area (Å²) in [6, 6.07) is 2.70. The van der Waals surface area contributed by atoms with Gasteiger partial charge in [0, 0.05) is 19.0 Å². The summed E-state index contributed by atoms with van der Waals surface area (Å²) in [5.74, 6) is -2.72. The highest BCUT2D eigenvalue weighted by Gasteiger charge is 2.04. The molecule has 0 aliphatic rings. The molecule has 0 radical (unpaired) electrons. The first-order valence-electron chi connectivity index (χ1n) is 6.30. The zero-order valence-corrected chi connectivity index (χ0v) is 11.2. The fraction of sp³-hybridized carbons (Fsp3) is 0.385. The van der Waals surface area contributed by atoms with Crippen molar-refractivity contribution in [2.45, 2.75) is 12.8 Å². The number of carboxylic acids is 1. The minimum absolute atomic E-state index is 0.0144. The van der Waals surface area contributed by atoms with E-state index in [4.69, 9.17) is 9.84 Å². The smallest absolute Gasteiger partial charge is 0.314 e. The van der Waals surface area contributed by atoms with Crippen molar-refractivity contribution < 1.29 is 28.2 Å². The van der Waals surface area contributed by atoms with E-state index < -0.39 is 23.6 Å². The lowest BCUT2D eigenvalue weighted by atomic mass is 10.3. The lowest BCUT2D eigenvalue weighted by Crippen LogP contribution is -2.38. The third-order valence-corrected chi connectivity index (χ3v) is 2.40. The van der Waals surface area contributed by atoms with Crippen LogP contribution >= 0.6 is 0 Å². The summed E-state index contributed by atoms with van der Waals surface area (Å²) >= 11 is 0. The third kappa shape index (κ3) is 7.09. The lowest BCUT2D eigenvalue weighted by Gasteiger charge is -2.09. The van der Waals surface area contributed by atoms with Crippen molar-refractivity contribution in [3.8, 4) is 5.75 Å². The summed E-state index contributed by atoms with van der Waals surface area (Å²) in [4.78, 5) is 21.5. The van der Waals surface area contributed by atoms with Crippen molar-refractivity contribution in [2.75, 3.05) is 19.7 Å². The number of ether oxygens (including phenoxy) is 1. The Hall–Kier alpha value is -2.38.